The molecule has 0 spiro atoms. The van der Waals surface area contributed by atoms with Gasteiger partial charge in [0.25, 0.3) is 0 Å². The fourth-order valence-electron chi connectivity index (χ4n) is 10.7. The Labute approximate surface area is 183 Å². The van der Waals surface area contributed by atoms with Gasteiger partial charge in [-0.15, -0.1) is 0 Å². The maximum Gasteiger partial charge on any atom is 0.122 e. The zero-order valence-electron chi connectivity index (χ0n) is 19.1. The summed E-state index contributed by atoms with van der Waals surface area (Å²) < 4.78 is 0. The van der Waals surface area contributed by atoms with E-state index in [2.05, 4.69) is 26.0 Å². The van der Waals surface area contributed by atoms with Crippen molar-refractivity contribution in [3.05, 3.63) is 28.8 Å². The third kappa shape index (κ3) is 2.53. The van der Waals surface area contributed by atoms with Gasteiger partial charge in [0.15, 0.2) is 0 Å². The van der Waals surface area contributed by atoms with E-state index >= 15 is 0 Å². The Kier molecular flexibility index (Phi) is 3.76. The minimum absolute atomic E-state index is 0.292. The van der Waals surface area contributed by atoms with Crippen molar-refractivity contribution in [2.75, 3.05) is 0 Å². The number of aromatic hydroxyl groups is 1. The highest BCUT2D eigenvalue weighted by atomic mass is 16.3. The fraction of sp³-hybridized carbons (Fsp3) is 0.793. The minimum atomic E-state index is 0.292. The van der Waals surface area contributed by atoms with E-state index in [1.807, 2.05) is 0 Å². The number of rotatable bonds is 3. The second-order valence-electron chi connectivity index (χ2n) is 13.5. The van der Waals surface area contributed by atoms with Gasteiger partial charge in [0.1, 0.15) is 5.75 Å². The molecule has 1 aromatic rings. The predicted molar refractivity (Wildman–Crippen MR) is 122 cm³/mol. The van der Waals surface area contributed by atoms with Gasteiger partial charge >= 0.3 is 0 Å². The Balaban J connectivity index is 1.37. The molecule has 0 heterocycles. The van der Waals surface area contributed by atoms with Crippen molar-refractivity contribution in [1.29, 1.82) is 0 Å². The van der Waals surface area contributed by atoms with Crippen molar-refractivity contribution in [2.24, 2.45) is 35.5 Å². The predicted octanol–water partition coefficient (Wildman–Crippen LogP) is 7.45. The lowest BCUT2D eigenvalue weighted by atomic mass is 9.46. The Morgan fingerprint density at radius 2 is 1.07 bits per heavy atom. The van der Waals surface area contributed by atoms with Crippen LogP contribution < -0.4 is 0 Å². The van der Waals surface area contributed by atoms with Gasteiger partial charge in [0, 0.05) is 5.56 Å². The van der Waals surface area contributed by atoms with Gasteiger partial charge in [-0.2, -0.15) is 0 Å². The van der Waals surface area contributed by atoms with Crippen LogP contribution in [-0.4, -0.2) is 5.11 Å². The monoisotopic (exact) mass is 404 g/mol. The number of hydrogen-bond donors (Lipinski definition) is 1. The topological polar surface area (TPSA) is 20.2 Å². The summed E-state index contributed by atoms with van der Waals surface area (Å²) in [5, 5.41) is 11.6. The van der Waals surface area contributed by atoms with Gasteiger partial charge in [0.2, 0.25) is 0 Å². The van der Waals surface area contributed by atoms with Gasteiger partial charge in [-0.3, -0.25) is 0 Å². The highest BCUT2D eigenvalue weighted by Crippen LogP contribution is 2.64. The molecule has 8 saturated carbocycles. The lowest BCUT2D eigenvalue weighted by Crippen LogP contribution is -2.50. The van der Waals surface area contributed by atoms with Crippen LogP contribution in [0, 0.1) is 35.5 Å². The molecule has 0 saturated heterocycles. The number of hydrogen-bond acceptors (Lipinski definition) is 1. The van der Waals surface area contributed by atoms with E-state index in [0.29, 0.717) is 22.5 Å². The summed E-state index contributed by atoms with van der Waals surface area (Å²) in [7, 11) is 0. The van der Waals surface area contributed by atoms with Crippen LogP contribution in [0.25, 0.3) is 0 Å². The summed E-state index contributed by atoms with van der Waals surface area (Å²) in [5.41, 5.74) is 5.03. The minimum Gasteiger partial charge on any atom is -0.507 e. The average molecular weight is 405 g/mol. The molecule has 8 bridgehead atoms. The van der Waals surface area contributed by atoms with Crippen LogP contribution in [0.2, 0.25) is 0 Å². The van der Waals surface area contributed by atoms with Gasteiger partial charge in [-0.25, -0.2) is 0 Å². The number of benzene rings is 1. The molecule has 8 fully saturated rings. The fourth-order valence-corrected chi connectivity index (χ4v) is 10.7. The van der Waals surface area contributed by atoms with E-state index < -0.39 is 0 Å². The maximum atomic E-state index is 11.6. The van der Waals surface area contributed by atoms with E-state index in [-0.39, 0.29) is 0 Å². The SMILES string of the molecule is CC(C)c1cc(C23CC4CC(CC(C4)C2)C3)cc(C23CC4CC(CC(C4)C2)C3)c1O. The molecule has 0 amide bonds. The first-order valence-electron chi connectivity index (χ1n) is 13.3. The van der Waals surface area contributed by atoms with Crippen molar-refractivity contribution < 1.29 is 5.11 Å². The second-order valence-corrected chi connectivity index (χ2v) is 13.5. The molecule has 1 N–H and O–H groups in total. The molecular weight excluding hydrogens is 364 g/mol. The lowest BCUT2D eigenvalue weighted by Gasteiger charge is -2.58. The van der Waals surface area contributed by atoms with E-state index in [9.17, 15) is 5.11 Å². The second kappa shape index (κ2) is 6.08. The summed E-state index contributed by atoms with van der Waals surface area (Å²) in [4.78, 5) is 0. The third-order valence-electron chi connectivity index (χ3n) is 11.0. The Bertz CT molecular complexity index is 806. The molecule has 0 atom stereocenters. The molecule has 8 aliphatic rings. The quantitative estimate of drug-likeness (QED) is 0.554. The van der Waals surface area contributed by atoms with Crippen molar-refractivity contribution >= 4 is 0 Å². The van der Waals surface area contributed by atoms with E-state index in [1.165, 1.54) is 88.2 Å². The van der Waals surface area contributed by atoms with Gasteiger partial charge in [-0.05, 0) is 140 Å². The van der Waals surface area contributed by atoms with Crippen molar-refractivity contribution in [1.82, 2.24) is 0 Å². The van der Waals surface area contributed by atoms with Gasteiger partial charge < -0.3 is 5.11 Å². The van der Waals surface area contributed by atoms with E-state index in [0.717, 1.165) is 35.5 Å². The average Bonchev–Trinajstić information content (AvgIpc) is 2.65. The standard InChI is InChI=1S/C29H40O/c1-17(2)25-9-24(28-11-18-3-19(12-28)5-20(4-18)13-28)10-26(27(25)30)29-14-21-6-22(15-29)8-23(7-21)16-29/h9-10,17-23,30H,3-8,11-16H2,1-2H3. The summed E-state index contributed by atoms with van der Waals surface area (Å²) in [6.07, 6.45) is 17.3. The molecule has 8 aliphatic carbocycles. The molecule has 1 aromatic carbocycles. The van der Waals surface area contributed by atoms with Crippen LogP contribution in [0.3, 0.4) is 0 Å². The summed E-state index contributed by atoms with van der Waals surface area (Å²) >= 11 is 0. The molecule has 9 rings (SSSR count). The molecule has 1 nitrogen and oxygen atoms in total. The van der Waals surface area contributed by atoms with Crippen molar-refractivity contribution in [3.63, 3.8) is 0 Å². The summed E-state index contributed by atoms with van der Waals surface area (Å²) in [5.74, 6) is 6.85. The molecule has 30 heavy (non-hydrogen) atoms. The molecule has 0 unspecified atom stereocenters. The number of phenolic OH excluding ortho intramolecular Hbond substituents is 1. The Hall–Kier alpha value is -0.980. The van der Waals surface area contributed by atoms with E-state index in [4.69, 9.17) is 0 Å². The largest absolute Gasteiger partial charge is 0.507 e. The highest BCUT2D eigenvalue weighted by molar-refractivity contribution is 5.52. The smallest absolute Gasteiger partial charge is 0.122 e. The zero-order chi connectivity index (χ0) is 20.3. The van der Waals surface area contributed by atoms with Crippen molar-refractivity contribution in [2.45, 2.75) is 108 Å². The normalized spacial score (nSPS) is 48.1. The molecule has 0 radical (unpaired) electrons. The zero-order valence-corrected chi connectivity index (χ0v) is 19.1. The molecular formula is C29H40O. The van der Waals surface area contributed by atoms with Crippen LogP contribution in [0.1, 0.15) is 114 Å². The molecule has 0 aromatic heterocycles. The van der Waals surface area contributed by atoms with Gasteiger partial charge in [0.05, 0.1) is 0 Å². The van der Waals surface area contributed by atoms with Crippen molar-refractivity contribution in [3.8, 4) is 5.75 Å². The molecule has 162 valence electrons. The van der Waals surface area contributed by atoms with Crippen LogP contribution in [0.4, 0.5) is 0 Å². The Morgan fingerprint density at radius 1 is 0.667 bits per heavy atom. The van der Waals surface area contributed by atoms with E-state index in [1.54, 1.807) is 5.56 Å². The molecule has 1 heteroatoms. The first-order valence-corrected chi connectivity index (χ1v) is 13.3. The van der Waals surface area contributed by atoms with Crippen LogP contribution >= 0.6 is 0 Å². The van der Waals surface area contributed by atoms with Crippen LogP contribution in [0.15, 0.2) is 12.1 Å². The highest BCUT2D eigenvalue weighted by Gasteiger charge is 2.55. The number of phenols is 1. The first kappa shape index (κ1) is 18.6. The van der Waals surface area contributed by atoms with Gasteiger partial charge in [-0.1, -0.05) is 26.0 Å². The van der Waals surface area contributed by atoms with Crippen LogP contribution in [-0.2, 0) is 10.8 Å². The maximum absolute atomic E-state index is 11.6. The molecule has 0 aliphatic heterocycles. The van der Waals surface area contributed by atoms with Crippen LogP contribution in [0.5, 0.6) is 5.75 Å². The summed E-state index contributed by atoms with van der Waals surface area (Å²) in [6, 6.07) is 5.08. The first-order chi connectivity index (χ1) is 14.4. The summed E-state index contributed by atoms with van der Waals surface area (Å²) in [6.45, 7) is 4.59. The third-order valence-corrected chi connectivity index (χ3v) is 11.0. The lowest BCUT2D eigenvalue weighted by molar-refractivity contribution is -0.00908. The Morgan fingerprint density at radius 3 is 1.47 bits per heavy atom.